The van der Waals surface area contributed by atoms with Crippen LogP contribution in [0.3, 0.4) is 0 Å². The standard InChI is InChI=1S/C38H75NO9/c1-3-5-7-8-9-10-11-12-13-14-15-16-17-18-19-20-21-22-23-25-27-33(42)39-30(34(43)31(41)26-24-6-4-2)29-47-38-37(46)36(45)35(44)32(28-40)48-38/h30-32,34-38,40-41,43-46H,3-29H2,1-2H3,(H,39,42)/t30-,31+,32+,34-,35-,36-,37+,38-/m0/s1. The number of rotatable bonds is 32. The smallest absolute Gasteiger partial charge is 0.220 e. The summed E-state index contributed by atoms with van der Waals surface area (Å²) in [4.78, 5) is 12.8. The van der Waals surface area contributed by atoms with Gasteiger partial charge in [0.25, 0.3) is 0 Å². The first-order chi connectivity index (χ1) is 23.3. The molecule has 7 N–H and O–H groups in total. The maximum Gasteiger partial charge on any atom is 0.220 e. The number of carbonyl (C=O) groups excluding carboxylic acids is 1. The first-order valence-electron chi connectivity index (χ1n) is 19.8. The lowest BCUT2D eigenvalue weighted by Crippen LogP contribution is -2.60. The highest BCUT2D eigenvalue weighted by Crippen LogP contribution is 2.23. The van der Waals surface area contributed by atoms with Crippen molar-refractivity contribution in [2.45, 2.75) is 223 Å². The largest absolute Gasteiger partial charge is 0.394 e. The normalized spacial score (nSPS) is 23.2. The fraction of sp³-hybridized carbons (Fsp3) is 0.974. The summed E-state index contributed by atoms with van der Waals surface area (Å²) >= 11 is 0. The molecule has 0 aromatic heterocycles. The van der Waals surface area contributed by atoms with Crippen molar-refractivity contribution >= 4 is 5.91 Å². The van der Waals surface area contributed by atoms with Crippen LogP contribution < -0.4 is 5.32 Å². The SMILES string of the molecule is CCCCCCCCCCCCCCCCCCCCCCC(=O)N[C@@H](CO[C@H]1O[C@H](CO)[C@H](O)[C@H](O)[C@H]1O)[C@H](O)[C@H](O)CCCCC. The Balaban J connectivity index is 2.23. The molecule has 1 saturated heterocycles. The van der Waals surface area contributed by atoms with Crippen LogP contribution in [0.25, 0.3) is 0 Å². The average molecular weight is 690 g/mol. The molecule has 1 heterocycles. The summed E-state index contributed by atoms with van der Waals surface area (Å²) in [7, 11) is 0. The molecule has 0 aromatic rings. The van der Waals surface area contributed by atoms with E-state index in [-0.39, 0.29) is 18.9 Å². The number of aliphatic hydroxyl groups excluding tert-OH is 6. The first kappa shape index (κ1) is 45.2. The minimum Gasteiger partial charge on any atom is -0.394 e. The molecule has 0 aliphatic carbocycles. The highest BCUT2D eigenvalue weighted by molar-refractivity contribution is 5.76. The van der Waals surface area contributed by atoms with Gasteiger partial charge in [0.2, 0.25) is 5.91 Å². The molecular weight excluding hydrogens is 614 g/mol. The van der Waals surface area contributed by atoms with Crippen molar-refractivity contribution in [2.75, 3.05) is 13.2 Å². The van der Waals surface area contributed by atoms with E-state index in [4.69, 9.17) is 9.47 Å². The molecule has 0 unspecified atom stereocenters. The molecule has 10 heteroatoms. The van der Waals surface area contributed by atoms with Gasteiger partial charge in [-0.25, -0.2) is 0 Å². The Bertz CT molecular complexity index is 743. The van der Waals surface area contributed by atoms with Gasteiger partial charge in [0.15, 0.2) is 6.29 Å². The number of carbonyl (C=O) groups is 1. The number of unbranched alkanes of at least 4 members (excludes halogenated alkanes) is 21. The van der Waals surface area contributed by atoms with E-state index in [1.807, 2.05) is 6.92 Å². The Hall–Kier alpha value is -0.850. The lowest BCUT2D eigenvalue weighted by atomic mass is 9.99. The monoisotopic (exact) mass is 690 g/mol. The van der Waals surface area contributed by atoms with E-state index < -0.39 is 55.6 Å². The molecule has 1 fully saturated rings. The van der Waals surface area contributed by atoms with Crippen LogP contribution in [-0.4, -0.2) is 98.7 Å². The van der Waals surface area contributed by atoms with Gasteiger partial charge in [-0.2, -0.15) is 0 Å². The number of aliphatic hydroxyl groups is 6. The average Bonchev–Trinajstić information content (AvgIpc) is 3.08. The van der Waals surface area contributed by atoms with Crippen LogP contribution in [0.5, 0.6) is 0 Å². The van der Waals surface area contributed by atoms with Gasteiger partial charge in [-0.15, -0.1) is 0 Å². The van der Waals surface area contributed by atoms with Crippen LogP contribution >= 0.6 is 0 Å². The third kappa shape index (κ3) is 20.7. The van der Waals surface area contributed by atoms with Gasteiger partial charge in [-0.05, 0) is 12.8 Å². The third-order valence-corrected chi connectivity index (χ3v) is 9.80. The van der Waals surface area contributed by atoms with E-state index in [9.17, 15) is 35.4 Å². The van der Waals surface area contributed by atoms with Crippen LogP contribution in [0.15, 0.2) is 0 Å². The molecule has 1 aliphatic rings. The zero-order valence-electron chi connectivity index (χ0n) is 30.6. The molecule has 1 aliphatic heterocycles. The lowest BCUT2D eigenvalue weighted by molar-refractivity contribution is -0.303. The number of hydrogen-bond acceptors (Lipinski definition) is 9. The Labute approximate surface area is 292 Å². The lowest BCUT2D eigenvalue weighted by Gasteiger charge is -2.40. The fourth-order valence-corrected chi connectivity index (χ4v) is 6.49. The molecule has 0 saturated carbocycles. The Morgan fingerprint density at radius 1 is 0.646 bits per heavy atom. The topological polar surface area (TPSA) is 169 Å². The van der Waals surface area contributed by atoms with Gasteiger partial charge in [0, 0.05) is 6.42 Å². The second-order valence-electron chi connectivity index (χ2n) is 14.2. The van der Waals surface area contributed by atoms with E-state index in [2.05, 4.69) is 12.2 Å². The van der Waals surface area contributed by atoms with E-state index in [1.165, 1.54) is 103 Å². The van der Waals surface area contributed by atoms with Gasteiger partial charge in [-0.3, -0.25) is 4.79 Å². The van der Waals surface area contributed by atoms with Gasteiger partial charge in [0.05, 0.1) is 25.4 Å². The van der Waals surface area contributed by atoms with E-state index in [0.29, 0.717) is 6.42 Å². The molecule has 0 bridgehead atoms. The molecule has 1 rings (SSSR count). The zero-order valence-corrected chi connectivity index (χ0v) is 30.6. The summed E-state index contributed by atoms with van der Waals surface area (Å²) in [5.74, 6) is -0.264. The van der Waals surface area contributed by atoms with E-state index in [1.54, 1.807) is 0 Å². The molecule has 10 nitrogen and oxygen atoms in total. The summed E-state index contributed by atoms with van der Waals surface area (Å²) in [5, 5.41) is 64.0. The van der Waals surface area contributed by atoms with Crippen LogP contribution in [-0.2, 0) is 14.3 Å². The molecular formula is C38H75NO9. The maximum atomic E-state index is 12.8. The third-order valence-electron chi connectivity index (χ3n) is 9.80. The van der Waals surface area contributed by atoms with Crippen molar-refractivity contribution in [3.63, 3.8) is 0 Å². The molecule has 0 spiro atoms. The molecule has 1 amide bonds. The second kappa shape index (κ2) is 29.8. The summed E-state index contributed by atoms with van der Waals surface area (Å²) in [6.07, 6.45) is 19.3. The van der Waals surface area contributed by atoms with Gasteiger partial charge < -0.3 is 45.4 Å². The molecule has 0 aromatic carbocycles. The zero-order chi connectivity index (χ0) is 35.4. The molecule has 48 heavy (non-hydrogen) atoms. The minimum absolute atomic E-state index is 0.264. The van der Waals surface area contributed by atoms with Gasteiger partial charge in [0.1, 0.15) is 30.5 Å². The predicted octanol–water partition coefficient (Wildman–Crippen LogP) is 5.80. The van der Waals surface area contributed by atoms with E-state index in [0.717, 1.165) is 44.9 Å². The summed E-state index contributed by atoms with van der Waals surface area (Å²) in [5.41, 5.74) is 0. The Kier molecular flexibility index (Phi) is 28.1. The van der Waals surface area contributed by atoms with Crippen molar-refractivity contribution in [1.29, 1.82) is 0 Å². The Morgan fingerprint density at radius 3 is 1.54 bits per heavy atom. The van der Waals surface area contributed by atoms with Gasteiger partial charge in [-0.1, -0.05) is 155 Å². The number of ether oxygens (including phenoxy) is 2. The van der Waals surface area contributed by atoms with Crippen LogP contribution in [0.2, 0.25) is 0 Å². The van der Waals surface area contributed by atoms with Crippen molar-refractivity contribution in [2.24, 2.45) is 0 Å². The van der Waals surface area contributed by atoms with Crippen LogP contribution in [0.1, 0.15) is 174 Å². The minimum atomic E-state index is -1.60. The summed E-state index contributed by atoms with van der Waals surface area (Å²) in [6.45, 7) is 3.41. The van der Waals surface area contributed by atoms with Gasteiger partial charge >= 0.3 is 0 Å². The van der Waals surface area contributed by atoms with Crippen molar-refractivity contribution in [3.8, 4) is 0 Å². The molecule has 8 atom stereocenters. The van der Waals surface area contributed by atoms with Crippen molar-refractivity contribution < 1.29 is 44.9 Å². The number of nitrogens with one attached hydrogen (secondary N) is 1. The van der Waals surface area contributed by atoms with Crippen molar-refractivity contribution in [3.05, 3.63) is 0 Å². The fourth-order valence-electron chi connectivity index (χ4n) is 6.49. The van der Waals surface area contributed by atoms with Crippen LogP contribution in [0.4, 0.5) is 0 Å². The maximum absolute atomic E-state index is 12.8. The quantitative estimate of drug-likeness (QED) is 0.0432. The predicted molar refractivity (Wildman–Crippen MR) is 190 cm³/mol. The Morgan fingerprint density at radius 2 is 1.08 bits per heavy atom. The van der Waals surface area contributed by atoms with Crippen molar-refractivity contribution in [1.82, 2.24) is 5.32 Å². The van der Waals surface area contributed by atoms with Crippen LogP contribution in [0, 0.1) is 0 Å². The number of hydrogen-bond donors (Lipinski definition) is 7. The first-order valence-corrected chi connectivity index (χ1v) is 19.8. The number of amides is 1. The highest BCUT2D eigenvalue weighted by Gasteiger charge is 2.44. The molecule has 0 radical (unpaired) electrons. The van der Waals surface area contributed by atoms with E-state index >= 15 is 0 Å². The molecule has 286 valence electrons. The highest BCUT2D eigenvalue weighted by atomic mass is 16.7. The summed E-state index contributed by atoms with van der Waals surface area (Å²) < 4.78 is 11.0. The summed E-state index contributed by atoms with van der Waals surface area (Å²) in [6, 6.07) is -0.980. The second-order valence-corrected chi connectivity index (χ2v) is 14.2.